The summed E-state index contributed by atoms with van der Waals surface area (Å²) in [6.07, 6.45) is 6.28. The van der Waals surface area contributed by atoms with E-state index >= 15 is 0 Å². The van der Waals surface area contributed by atoms with Gasteiger partial charge < -0.3 is 5.11 Å². The summed E-state index contributed by atoms with van der Waals surface area (Å²) in [5, 5.41) is 12.7. The van der Waals surface area contributed by atoms with Crippen molar-refractivity contribution >= 4 is 11.3 Å². The average molecular weight is 294 g/mol. The summed E-state index contributed by atoms with van der Waals surface area (Å²) in [4.78, 5) is 6.37. The number of likely N-dealkylation sites (tertiary alicyclic amines) is 2. The molecule has 0 saturated carbocycles. The van der Waals surface area contributed by atoms with Gasteiger partial charge in [0, 0.05) is 30.6 Å². The number of aliphatic hydroxyl groups is 1. The molecule has 2 saturated heterocycles. The predicted molar refractivity (Wildman–Crippen MR) is 84.0 cm³/mol. The molecule has 0 amide bonds. The molecule has 1 aromatic heterocycles. The van der Waals surface area contributed by atoms with E-state index in [9.17, 15) is 5.11 Å². The number of hydrogen-bond donors (Lipinski definition) is 1. The van der Waals surface area contributed by atoms with Crippen LogP contribution in [-0.4, -0.2) is 53.2 Å². The summed E-state index contributed by atoms with van der Waals surface area (Å²) in [7, 11) is 0. The topological polar surface area (TPSA) is 26.7 Å². The lowest BCUT2D eigenvalue weighted by atomic mass is 9.99. The summed E-state index contributed by atoms with van der Waals surface area (Å²) in [5.41, 5.74) is 0. The average Bonchev–Trinajstić information content (AvgIpc) is 2.80. The number of β-amino-alcohol motifs (C(OH)–C–C–N with tert-alkyl or cyclic N) is 1. The lowest BCUT2D eigenvalue weighted by Gasteiger charge is -2.41. The Labute approximate surface area is 126 Å². The molecule has 3 nitrogen and oxygen atoms in total. The van der Waals surface area contributed by atoms with E-state index in [4.69, 9.17) is 0 Å². The molecule has 1 aromatic rings. The zero-order valence-electron chi connectivity index (χ0n) is 12.2. The number of piperidine rings is 1. The Morgan fingerprint density at radius 1 is 1.15 bits per heavy atom. The van der Waals surface area contributed by atoms with E-state index in [1.165, 1.54) is 43.6 Å². The van der Waals surface area contributed by atoms with Crippen LogP contribution in [-0.2, 0) is 6.54 Å². The minimum Gasteiger partial charge on any atom is -0.390 e. The summed E-state index contributed by atoms with van der Waals surface area (Å²) in [6, 6.07) is 4.70. The molecule has 2 aliphatic rings. The monoisotopic (exact) mass is 294 g/mol. The summed E-state index contributed by atoms with van der Waals surface area (Å²) < 4.78 is 0. The van der Waals surface area contributed by atoms with Crippen LogP contribution in [0.4, 0.5) is 0 Å². The van der Waals surface area contributed by atoms with E-state index in [0.29, 0.717) is 6.04 Å². The van der Waals surface area contributed by atoms with Gasteiger partial charge >= 0.3 is 0 Å². The van der Waals surface area contributed by atoms with Gasteiger partial charge in [-0.15, -0.1) is 11.3 Å². The number of hydrogen-bond acceptors (Lipinski definition) is 4. The van der Waals surface area contributed by atoms with E-state index in [-0.39, 0.29) is 6.10 Å². The molecule has 0 aromatic carbocycles. The Hall–Kier alpha value is -0.420. The number of rotatable bonds is 3. The Morgan fingerprint density at radius 3 is 2.60 bits per heavy atom. The molecular formula is C16H26N2OS. The maximum Gasteiger partial charge on any atom is 0.0822 e. The molecule has 0 unspecified atom stereocenters. The Balaban J connectivity index is 1.53. The fourth-order valence-corrected chi connectivity index (χ4v) is 4.35. The lowest BCUT2D eigenvalue weighted by molar-refractivity contribution is -0.0141. The quantitative estimate of drug-likeness (QED) is 0.928. The van der Waals surface area contributed by atoms with E-state index in [0.717, 1.165) is 26.1 Å². The smallest absolute Gasteiger partial charge is 0.0822 e. The molecule has 0 aliphatic carbocycles. The molecule has 112 valence electrons. The maximum atomic E-state index is 10.5. The SMILES string of the molecule is O[C@@H]1CN(Cc2cccs2)CC[C@H]1N1CCCCCC1. The maximum absolute atomic E-state index is 10.5. The number of nitrogens with zero attached hydrogens (tertiary/aromatic N) is 2. The van der Waals surface area contributed by atoms with E-state index < -0.39 is 0 Å². The van der Waals surface area contributed by atoms with Crippen molar-refractivity contribution in [2.24, 2.45) is 0 Å². The van der Waals surface area contributed by atoms with Crippen LogP contribution in [0.25, 0.3) is 0 Å². The second kappa shape index (κ2) is 7.03. The molecule has 4 heteroatoms. The van der Waals surface area contributed by atoms with Crippen LogP contribution in [0.15, 0.2) is 17.5 Å². The minimum atomic E-state index is -0.179. The van der Waals surface area contributed by atoms with Crippen LogP contribution < -0.4 is 0 Å². The highest BCUT2D eigenvalue weighted by Gasteiger charge is 2.32. The van der Waals surface area contributed by atoms with Gasteiger partial charge in [-0.25, -0.2) is 0 Å². The zero-order chi connectivity index (χ0) is 13.8. The second-order valence-corrected chi connectivity index (χ2v) is 7.22. The molecule has 1 N–H and O–H groups in total. The van der Waals surface area contributed by atoms with Crippen molar-refractivity contribution in [1.82, 2.24) is 9.80 Å². The highest BCUT2D eigenvalue weighted by Crippen LogP contribution is 2.23. The zero-order valence-corrected chi connectivity index (χ0v) is 13.0. The molecule has 2 aliphatic heterocycles. The van der Waals surface area contributed by atoms with Gasteiger partial charge in [-0.05, 0) is 43.8 Å². The van der Waals surface area contributed by atoms with Gasteiger partial charge in [-0.1, -0.05) is 18.9 Å². The fourth-order valence-electron chi connectivity index (χ4n) is 3.60. The van der Waals surface area contributed by atoms with E-state index in [2.05, 4.69) is 27.3 Å². The van der Waals surface area contributed by atoms with Crippen LogP contribution in [0, 0.1) is 0 Å². The first-order valence-corrected chi connectivity index (χ1v) is 8.88. The third-order valence-electron chi connectivity index (χ3n) is 4.70. The highest BCUT2D eigenvalue weighted by molar-refractivity contribution is 7.09. The van der Waals surface area contributed by atoms with Crippen LogP contribution in [0.5, 0.6) is 0 Å². The van der Waals surface area contributed by atoms with Crippen LogP contribution in [0.3, 0.4) is 0 Å². The standard InChI is InChI=1S/C16H26N2OS/c19-16-13-17(12-14-6-5-11-20-14)10-7-15(16)18-8-3-1-2-4-9-18/h5-6,11,15-16,19H,1-4,7-10,12-13H2/t15-,16-/m1/s1. The number of thiophene rings is 1. The Kier molecular flexibility index (Phi) is 5.10. The summed E-state index contributed by atoms with van der Waals surface area (Å²) in [5.74, 6) is 0. The lowest BCUT2D eigenvalue weighted by Crippen LogP contribution is -2.54. The molecule has 0 spiro atoms. The van der Waals surface area contributed by atoms with Crippen molar-refractivity contribution in [3.05, 3.63) is 22.4 Å². The van der Waals surface area contributed by atoms with Gasteiger partial charge in [-0.2, -0.15) is 0 Å². The van der Waals surface area contributed by atoms with Gasteiger partial charge in [-0.3, -0.25) is 9.80 Å². The van der Waals surface area contributed by atoms with Crippen molar-refractivity contribution in [2.45, 2.75) is 50.8 Å². The second-order valence-electron chi connectivity index (χ2n) is 6.19. The largest absolute Gasteiger partial charge is 0.390 e. The first-order chi connectivity index (χ1) is 9.83. The summed E-state index contributed by atoms with van der Waals surface area (Å²) >= 11 is 1.82. The van der Waals surface area contributed by atoms with E-state index in [1.54, 1.807) is 0 Å². The van der Waals surface area contributed by atoms with Crippen molar-refractivity contribution in [2.75, 3.05) is 26.2 Å². The van der Waals surface area contributed by atoms with Crippen molar-refractivity contribution in [3.63, 3.8) is 0 Å². The van der Waals surface area contributed by atoms with Gasteiger partial charge in [0.25, 0.3) is 0 Å². The first kappa shape index (κ1) is 14.5. The molecular weight excluding hydrogens is 268 g/mol. The van der Waals surface area contributed by atoms with Gasteiger partial charge in [0.2, 0.25) is 0 Å². The minimum absolute atomic E-state index is 0.179. The van der Waals surface area contributed by atoms with Crippen molar-refractivity contribution < 1.29 is 5.11 Å². The Bertz CT molecular complexity index is 387. The highest BCUT2D eigenvalue weighted by atomic mass is 32.1. The molecule has 3 heterocycles. The van der Waals surface area contributed by atoms with Crippen molar-refractivity contribution in [1.29, 1.82) is 0 Å². The van der Waals surface area contributed by atoms with Crippen LogP contribution in [0.2, 0.25) is 0 Å². The fraction of sp³-hybridized carbons (Fsp3) is 0.750. The van der Waals surface area contributed by atoms with Gasteiger partial charge in [0.15, 0.2) is 0 Å². The first-order valence-electron chi connectivity index (χ1n) is 8.00. The molecule has 3 rings (SSSR count). The normalized spacial score (nSPS) is 30.2. The Morgan fingerprint density at radius 2 is 1.95 bits per heavy atom. The van der Waals surface area contributed by atoms with Gasteiger partial charge in [0.05, 0.1) is 6.10 Å². The molecule has 20 heavy (non-hydrogen) atoms. The molecule has 0 bridgehead atoms. The van der Waals surface area contributed by atoms with E-state index in [1.807, 2.05) is 11.3 Å². The third kappa shape index (κ3) is 3.61. The van der Waals surface area contributed by atoms with Crippen LogP contribution >= 0.6 is 11.3 Å². The number of aliphatic hydroxyl groups excluding tert-OH is 1. The third-order valence-corrected chi connectivity index (χ3v) is 5.56. The predicted octanol–water partition coefficient (Wildman–Crippen LogP) is 2.56. The summed E-state index contributed by atoms with van der Waals surface area (Å²) in [6.45, 7) is 5.33. The van der Waals surface area contributed by atoms with Crippen molar-refractivity contribution in [3.8, 4) is 0 Å². The molecule has 2 atom stereocenters. The van der Waals surface area contributed by atoms with Crippen LogP contribution in [0.1, 0.15) is 37.0 Å². The molecule has 0 radical (unpaired) electrons. The van der Waals surface area contributed by atoms with Gasteiger partial charge in [0.1, 0.15) is 0 Å². The molecule has 2 fully saturated rings.